The molecule has 1 aromatic rings. The van der Waals surface area contributed by atoms with E-state index in [9.17, 15) is 14.9 Å². The van der Waals surface area contributed by atoms with Crippen LogP contribution in [-0.2, 0) is 4.79 Å². The van der Waals surface area contributed by atoms with E-state index in [0.29, 0.717) is 11.3 Å². The van der Waals surface area contributed by atoms with Crippen LogP contribution in [0.2, 0.25) is 0 Å². The molecule has 1 saturated carbocycles. The zero-order chi connectivity index (χ0) is 14.0. The minimum Gasteiger partial charge on any atom is -0.326 e. The van der Waals surface area contributed by atoms with Gasteiger partial charge in [-0.2, -0.15) is 0 Å². The predicted octanol–water partition coefficient (Wildman–Crippen LogP) is 2.11. The van der Waals surface area contributed by atoms with Gasteiger partial charge in [0, 0.05) is 18.0 Å². The number of nitro groups is 1. The molecule has 1 fully saturated rings. The minimum absolute atomic E-state index is 0.00362. The van der Waals surface area contributed by atoms with Gasteiger partial charge in [-0.05, 0) is 32.3 Å². The zero-order valence-corrected chi connectivity index (χ0v) is 10.8. The highest BCUT2D eigenvalue weighted by molar-refractivity contribution is 5.92. The maximum absolute atomic E-state index is 11.9. The topological polar surface area (TPSA) is 98.3 Å². The second kappa shape index (κ2) is 4.97. The molecular weight excluding hydrogens is 246 g/mol. The first-order chi connectivity index (χ1) is 8.91. The van der Waals surface area contributed by atoms with E-state index in [2.05, 4.69) is 5.32 Å². The average Bonchev–Trinajstić information content (AvgIpc) is 2.29. The van der Waals surface area contributed by atoms with Crippen molar-refractivity contribution in [2.24, 2.45) is 5.73 Å². The van der Waals surface area contributed by atoms with Crippen molar-refractivity contribution in [3.8, 4) is 0 Å². The highest BCUT2D eigenvalue weighted by atomic mass is 16.6. The molecule has 0 radical (unpaired) electrons. The van der Waals surface area contributed by atoms with E-state index in [0.717, 1.165) is 19.3 Å². The van der Waals surface area contributed by atoms with Crippen LogP contribution in [0.15, 0.2) is 18.2 Å². The number of nitrogens with two attached hydrogens (primary N) is 1. The van der Waals surface area contributed by atoms with Gasteiger partial charge < -0.3 is 11.1 Å². The quantitative estimate of drug-likeness (QED) is 0.642. The second-order valence-electron chi connectivity index (χ2n) is 5.15. The summed E-state index contributed by atoms with van der Waals surface area (Å²) in [6.07, 6.45) is 3.03. The molecule has 19 heavy (non-hydrogen) atoms. The Morgan fingerprint density at radius 1 is 1.53 bits per heavy atom. The molecule has 0 spiro atoms. The van der Waals surface area contributed by atoms with Crippen LogP contribution < -0.4 is 11.1 Å². The van der Waals surface area contributed by atoms with E-state index >= 15 is 0 Å². The Labute approximate surface area is 111 Å². The molecule has 0 bridgehead atoms. The Morgan fingerprint density at radius 2 is 2.21 bits per heavy atom. The monoisotopic (exact) mass is 263 g/mol. The van der Waals surface area contributed by atoms with Crippen molar-refractivity contribution in [1.82, 2.24) is 0 Å². The lowest BCUT2D eigenvalue weighted by Gasteiger charge is -2.37. The molecule has 1 aromatic carbocycles. The molecule has 0 heterocycles. The van der Waals surface area contributed by atoms with Crippen molar-refractivity contribution < 1.29 is 9.72 Å². The SMILES string of the molecule is Cc1c(NC(=O)CC2(N)CCC2)cccc1[N+](=O)[O-]. The van der Waals surface area contributed by atoms with Crippen LogP contribution in [0.5, 0.6) is 0 Å². The van der Waals surface area contributed by atoms with Crippen LogP contribution >= 0.6 is 0 Å². The van der Waals surface area contributed by atoms with Crippen LogP contribution in [0.4, 0.5) is 11.4 Å². The highest BCUT2D eigenvalue weighted by Crippen LogP contribution is 2.33. The summed E-state index contributed by atoms with van der Waals surface area (Å²) in [6.45, 7) is 1.62. The van der Waals surface area contributed by atoms with Gasteiger partial charge in [-0.1, -0.05) is 6.07 Å². The molecule has 6 heteroatoms. The smallest absolute Gasteiger partial charge is 0.274 e. The van der Waals surface area contributed by atoms with E-state index in [1.807, 2.05) is 0 Å². The number of nitro benzene ring substituents is 1. The summed E-state index contributed by atoms with van der Waals surface area (Å²) in [5.41, 5.74) is 6.55. The molecule has 2 rings (SSSR count). The van der Waals surface area contributed by atoms with E-state index in [-0.39, 0.29) is 18.0 Å². The first-order valence-electron chi connectivity index (χ1n) is 6.24. The lowest BCUT2D eigenvalue weighted by molar-refractivity contribution is -0.385. The van der Waals surface area contributed by atoms with Gasteiger partial charge in [0.25, 0.3) is 5.69 Å². The Balaban J connectivity index is 2.08. The van der Waals surface area contributed by atoms with Crippen molar-refractivity contribution in [2.75, 3.05) is 5.32 Å². The molecular formula is C13H17N3O3. The number of hydrogen-bond donors (Lipinski definition) is 2. The van der Waals surface area contributed by atoms with Gasteiger partial charge in [-0.15, -0.1) is 0 Å². The van der Waals surface area contributed by atoms with Crippen molar-refractivity contribution in [1.29, 1.82) is 0 Å². The fraction of sp³-hybridized carbons (Fsp3) is 0.462. The molecule has 0 aliphatic heterocycles. The van der Waals surface area contributed by atoms with Gasteiger partial charge >= 0.3 is 0 Å². The summed E-state index contributed by atoms with van der Waals surface area (Å²) in [4.78, 5) is 22.3. The van der Waals surface area contributed by atoms with Crippen molar-refractivity contribution >= 4 is 17.3 Å². The Kier molecular flexibility index (Phi) is 3.53. The summed E-state index contributed by atoms with van der Waals surface area (Å²) in [6, 6.07) is 4.63. The number of anilines is 1. The van der Waals surface area contributed by atoms with Gasteiger partial charge in [-0.25, -0.2) is 0 Å². The number of amides is 1. The summed E-state index contributed by atoms with van der Waals surface area (Å²) >= 11 is 0. The zero-order valence-electron chi connectivity index (χ0n) is 10.8. The Morgan fingerprint density at radius 3 is 2.74 bits per heavy atom. The fourth-order valence-electron chi connectivity index (χ4n) is 2.28. The third-order valence-corrected chi connectivity index (χ3v) is 3.64. The standard InChI is InChI=1S/C13H17N3O3/c1-9-10(4-2-5-11(9)16(18)19)15-12(17)8-13(14)6-3-7-13/h2,4-5H,3,6-8,14H2,1H3,(H,15,17). The molecule has 1 amide bonds. The van der Waals surface area contributed by atoms with Crippen LogP contribution in [0.3, 0.4) is 0 Å². The summed E-state index contributed by atoms with van der Waals surface area (Å²) < 4.78 is 0. The molecule has 102 valence electrons. The van der Waals surface area contributed by atoms with Gasteiger partial charge in [-0.3, -0.25) is 14.9 Å². The van der Waals surface area contributed by atoms with E-state index in [4.69, 9.17) is 5.73 Å². The molecule has 1 aliphatic rings. The number of carbonyl (C=O) groups is 1. The molecule has 3 N–H and O–H groups in total. The summed E-state index contributed by atoms with van der Waals surface area (Å²) in [5, 5.41) is 13.5. The molecule has 6 nitrogen and oxygen atoms in total. The van der Waals surface area contributed by atoms with Crippen LogP contribution in [0, 0.1) is 17.0 Å². The number of benzene rings is 1. The van der Waals surface area contributed by atoms with Gasteiger partial charge in [0.2, 0.25) is 5.91 Å². The highest BCUT2D eigenvalue weighted by Gasteiger charge is 2.34. The predicted molar refractivity (Wildman–Crippen MR) is 71.8 cm³/mol. The van der Waals surface area contributed by atoms with E-state index in [1.54, 1.807) is 19.1 Å². The molecule has 0 unspecified atom stereocenters. The van der Waals surface area contributed by atoms with Crippen molar-refractivity contribution in [3.63, 3.8) is 0 Å². The average molecular weight is 263 g/mol. The Bertz CT molecular complexity index is 524. The summed E-state index contributed by atoms with van der Waals surface area (Å²) in [7, 11) is 0. The molecule has 1 aliphatic carbocycles. The van der Waals surface area contributed by atoms with Gasteiger partial charge in [0.05, 0.1) is 16.2 Å². The first-order valence-corrected chi connectivity index (χ1v) is 6.24. The van der Waals surface area contributed by atoms with E-state index in [1.165, 1.54) is 6.07 Å². The summed E-state index contributed by atoms with van der Waals surface area (Å²) in [5.74, 6) is -0.189. The third-order valence-electron chi connectivity index (χ3n) is 3.64. The number of rotatable bonds is 4. The minimum atomic E-state index is -0.457. The molecule has 0 saturated heterocycles. The van der Waals surface area contributed by atoms with Crippen molar-refractivity contribution in [2.45, 2.75) is 38.1 Å². The molecule has 0 aromatic heterocycles. The maximum Gasteiger partial charge on any atom is 0.274 e. The van der Waals surface area contributed by atoms with Gasteiger partial charge in [0.1, 0.15) is 0 Å². The van der Waals surface area contributed by atoms with Crippen molar-refractivity contribution in [3.05, 3.63) is 33.9 Å². The number of hydrogen-bond acceptors (Lipinski definition) is 4. The number of nitrogens with one attached hydrogen (secondary N) is 1. The number of nitrogens with zero attached hydrogens (tertiary/aromatic N) is 1. The largest absolute Gasteiger partial charge is 0.326 e. The fourth-order valence-corrected chi connectivity index (χ4v) is 2.28. The normalized spacial score (nSPS) is 16.5. The first kappa shape index (κ1) is 13.5. The third kappa shape index (κ3) is 2.90. The lowest BCUT2D eigenvalue weighted by atomic mass is 9.75. The number of carbonyl (C=O) groups excluding carboxylic acids is 1. The van der Waals surface area contributed by atoms with Crippen LogP contribution in [-0.4, -0.2) is 16.4 Å². The lowest BCUT2D eigenvalue weighted by Crippen LogP contribution is -2.48. The van der Waals surface area contributed by atoms with Crippen LogP contribution in [0.1, 0.15) is 31.2 Å². The van der Waals surface area contributed by atoms with Gasteiger partial charge in [0.15, 0.2) is 0 Å². The van der Waals surface area contributed by atoms with E-state index < -0.39 is 10.5 Å². The maximum atomic E-state index is 11.9. The van der Waals surface area contributed by atoms with Crippen LogP contribution in [0.25, 0.3) is 0 Å². The molecule has 0 atom stereocenters. The Hall–Kier alpha value is -1.95. The second-order valence-corrected chi connectivity index (χ2v) is 5.15.